The summed E-state index contributed by atoms with van der Waals surface area (Å²) in [6.07, 6.45) is 0. The minimum absolute atomic E-state index is 0.174. The molecule has 0 aliphatic rings. The highest BCUT2D eigenvalue weighted by Crippen LogP contribution is 2.27. The van der Waals surface area contributed by atoms with Crippen molar-refractivity contribution in [1.82, 2.24) is 0 Å². The Kier molecular flexibility index (Phi) is 3.95. The van der Waals surface area contributed by atoms with Crippen molar-refractivity contribution in [3.8, 4) is 0 Å². The van der Waals surface area contributed by atoms with Crippen LogP contribution in [0.3, 0.4) is 0 Å². The van der Waals surface area contributed by atoms with Crippen molar-refractivity contribution < 1.29 is 4.79 Å². The monoisotopic (exact) mass is 359 g/mol. The van der Waals surface area contributed by atoms with Crippen molar-refractivity contribution >= 4 is 49.9 Å². The molecule has 0 saturated carbocycles. The van der Waals surface area contributed by atoms with E-state index in [0.717, 1.165) is 15.2 Å². The second-order valence-corrected chi connectivity index (χ2v) is 5.93. The summed E-state index contributed by atoms with van der Waals surface area (Å²) in [5.41, 5.74) is 1.22. The minimum atomic E-state index is -0.174. The molecule has 0 aliphatic carbocycles. The summed E-state index contributed by atoms with van der Waals surface area (Å²) in [7, 11) is 0. The van der Waals surface area contributed by atoms with Gasteiger partial charge in [0.15, 0.2) is 0 Å². The van der Waals surface area contributed by atoms with E-state index in [1.165, 1.54) is 0 Å². The highest BCUT2D eigenvalue weighted by atomic mass is 79.9. The van der Waals surface area contributed by atoms with E-state index in [4.69, 9.17) is 11.6 Å². The summed E-state index contributed by atoms with van der Waals surface area (Å²) >= 11 is 9.48. The van der Waals surface area contributed by atoms with Crippen LogP contribution in [0.2, 0.25) is 5.02 Å². The van der Waals surface area contributed by atoms with E-state index in [-0.39, 0.29) is 5.91 Å². The predicted octanol–water partition coefficient (Wildman–Crippen LogP) is 5.51. The zero-order valence-electron chi connectivity index (χ0n) is 10.9. The molecule has 0 atom stereocenters. The van der Waals surface area contributed by atoms with Crippen LogP contribution in [-0.4, -0.2) is 5.91 Å². The lowest BCUT2D eigenvalue weighted by Crippen LogP contribution is -2.12. The van der Waals surface area contributed by atoms with Crippen molar-refractivity contribution in [1.29, 1.82) is 0 Å². The van der Waals surface area contributed by atoms with Gasteiger partial charge in [0.1, 0.15) is 0 Å². The van der Waals surface area contributed by atoms with E-state index in [9.17, 15) is 4.79 Å². The van der Waals surface area contributed by atoms with Gasteiger partial charge in [0.25, 0.3) is 5.91 Å². The second kappa shape index (κ2) is 5.88. The first-order valence-corrected chi connectivity index (χ1v) is 7.56. The van der Waals surface area contributed by atoms with Gasteiger partial charge in [0, 0.05) is 10.0 Å². The van der Waals surface area contributed by atoms with Crippen LogP contribution < -0.4 is 5.32 Å². The van der Waals surface area contributed by atoms with E-state index >= 15 is 0 Å². The molecule has 0 fully saturated rings. The van der Waals surface area contributed by atoms with Crippen LogP contribution in [0, 0.1) is 0 Å². The van der Waals surface area contributed by atoms with Gasteiger partial charge in [-0.25, -0.2) is 0 Å². The quantitative estimate of drug-likeness (QED) is 0.641. The molecule has 0 saturated heterocycles. The Balaban J connectivity index is 1.99. The average Bonchev–Trinajstić information content (AvgIpc) is 2.50. The minimum Gasteiger partial charge on any atom is -0.321 e. The number of hydrogen-bond donors (Lipinski definition) is 1. The molecule has 1 amide bonds. The van der Waals surface area contributed by atoms with E-state index in [1.54, 1.807) is 12.1 Å². The molecule has 3 rings (SSSR count). The molecule has 0 aliphatic heterocycles. The van der Waals surface area contributed by atoms with Gasteiger partial charge in [-0.2, -0.15) is 0 Å². The summed E-state index contributed by atoms with van der Waals surface area (Å²) in [6, 6.07) is 18.8. The van der Waals surface area contributed by atoms with Gasteiger partial charge in [-0.05, 0) is 35.0 Å². The largest absolute Gasteiger partial charge is 0.321 e. The Morgan fingerprint density at radius 1 is 1.00 bits per heavy atom. The van der Waals surface area contributed by atoms with Gasteiger partial charge in [0.05, 0.1) is 10.7 Å². The maximum absolute atomic E-state index is 12.5. The number of benzene rings is 3. The second-order valence-electron chi connectivity index (χ2n) is 4.61. The first-order chi connectivity index (χ1) is 10.1. The number of fused-ring (bicyclic) bond motifs is 1. The van der Waals surface area contributed by atoms with Crippen molar-refractivity contribution in [2.75, 3.05) is 5.32 Å². The topological polar surface area (TPSA) is 29.1 Å². The van der Waals surface area contributed by atoms with E-state index < -0.39 is 0 Å². The fraction of sp³-hybridized carbons (Fsp3) is 0. The number of halogens is 2. The third-order valence-corrected chi connectivity index (χ3v) is 4.03. The summed E-state index contributed by atoms with van der Waals surface area (Å²) in [5, 5.41) is 5.32. The van der Waals surface area contributed by atoms with Gasteiger partial charge in [-0.1, -0.05) is 63.9 Å². The van der Waals surface area contributed by atoms with Crippen LogP contribution in [0.1, 0.15) is 10.4 Å². The summed E-state index contributed by atoms with van der Waals surface area (Å²) in [5.74, 6) is -0.174. The molecular formula is C17H11BrClNO. The zero-order valence-corrected chi connectivity index (χ0v) is 13.3. The molecule has 0 heterocycles. The molecule has 0 unspecified atom stereocenters. The number of rotatable bonds is 2. The Labute approximate surface area is 135 Å². The molecule has 4 heteroatoms. The van der Waals surface area contributed by atoms with E-state index in [0.29, 0.717) is 16.3 Å². The normalized spacial score (nSPS) is 10.6. The maximum Gasteiger partial charge on any atom is 0.256 e. The highest BCUT2D eigenvalue weighted by Gasteiger charge is 2.11. The highest BCUT2D eigenvalue weighted by molar-refractivity contribution is 9.10. The third kappa shape index (κ3) is 2.94. The number of anilines is 1. The molecule has 0 spiro atoms. The lowest BCUT2D eigenvalue weighted by molar-refractivity contribution is 0.102. The Morgan fingerprint density at radius 3 is 2.62 bits per heavy atom. The number of hydrogen-bond acceptors (Lipinski definition) is 1. The van der Waals surface area contributed by atoms with Crippen molar-refractivity contribution in [2.24, 2.45) is 0 Å². The van der Waals surface area contributed by atoms with Crippen LogP contribution in [0.25, 0.3) is 10.8 Å². The van der Waals surface area contributed by atoms with Gasteiger partial charge in [-0.3, -0.25) is 4.79 Å². The third-order valence-electron chi connectivity index (χ3n) is 3.21. The van der Waals surface area contributed by atoms with Crippen LogP contribution in [-0.2, 0) is 0 Å². The molecule has 1 N–H and O–H groups in total. The molecular weight excluding hydrogens is 350 g/mol. The van der Waals surface area contributed by atoms with Crippen molar-refractivity contribution in [3.05, 3.63) is 75.7 Å². The molecule has 3 aromatic carbocycles. The van der Waals surface area contributed by atoms with Crippen molar-refractivity contribution in [3.63, 3.8) is 0 Å². The number of nitrogens with one attached hydrogen (secondary N) is 1. The predicted molar refractivity (Wildman–Crippen MR) is 91.1 cm³/mol. The Morgan fingerprint density at radius 2 is 1.76 bits per heavy atom. The fourth-order valence-corrected chi connectivity index (χ4v) is 2.73. The zero-order chi connectivity index (χ0) is 14.8. The molecule has 0 bridgehead atoms. The standard InChI is InChI=1S/C17H11BrClNO/c18-12-8-9-15(19)16(10-12)20-17(21)14-7-3-5-11-4-1-2-6-13(11)14/h1-10H,(H,20,21). The summed E-state index contributed by atoms with van der Waals surface area (Å²) in [4.78, 5) is 12.5. The van der Waals surface area contributed by atoms with Gasteiger partial charge >= 0.3 is 0 Å². The van der Waals surface area contributed by atoms with E-state index in [1.807, 2.05) is 48.5 Å². The number of carbonyl (C=O) groups excluding carboxylic acids is 1. The van der Waals surface area contributed by atoms with Gasteiger partial charge < -0.3 is 5.32 Å². The maximum atomic E-state index is 12.5. The Hall–Kier alpha value is -1.84. The lowest BCUT2D eigenvalue weighted by atomic mass is 10.0. The first kappa shape index (κ1) is 14.1. The van der Waals surface area contributed by atoms with Gasteiger partial charge in [-0.15, -0.1) is 0 Å². The molecule has 0 radical (unpaired) electrons. The molecule has 2 nitrogen and oxygen atoms in total. The molecule has 3 aromatic rings. The fourth-order valence-electron chi connectivity index (χ4n) is 2.21. The first-order valence-electron chi connectivity index (χ1n) is 6.39. The summed E-state index contributed by atoms with van der Waals surface area (Å²) in [6.45, 7) is 0. The average molecular weight is 361 g/mol. The van der Waals surface area contributed by atoms with Crippen LogP contribution in [0.4, 0.5) is 5.69 Å². The lowest BCUT2D eigenvalue weighted by Gasteiger charge is -2.10. The van der Waals surface area contributed by atoms with Gasteiger partial charge in [0.2, 0.25) is 0 Å². The Bertz CT molecular complexity index is 827. The molecule has 21 heavy (non-hydrogen) atoms. The van der Waals surface area contributed by atoms with Crippen LogP contribution in [0.15, 0.2) is 65.1 Å². The summed E-state index contributed by atoms with van der Waals surface area (Å²) < 4.78 is 0.861. The van der Waals surface area contributed by atoms with Crippen LogP contribution >= 0.6 is 27.5 Å². The SMILES string of the molecule is O=C(Nc1cc(Br)ccc1Cl)c1cccc2ccccc12. The smallest absolute Gasteiger partial charge is 0.256 e. The van der Waals surface area contributed by atoms with E-state index in [2.05, 4.69) is 21.2 Å². The number of amides is 1. The van der Waals surface area contributed by atoms with Crippen LogP contribution in [0.5, 0.6) is 0 Å². The van der Waals surface area contributed by atoms with Crippen molar-refractivity contribution in [2.45, 2.75) is 0 Å². The molecule has 0 aromatic heterocycles. The molecule has 104 valence electrons. The number of carbonyl (C=O) groups is 1.